The number of amides is 1. The Morgan fingerprint density at radius 2 is 1.85 bits per heavy atom. The monoisotopic (exact) mass is 470 g/mol. The Labute approximate surface area is 167 Å². The van der Waals surface area contributed by atoms with Gasteiger partial charge < -0.3 is 9.73 Å². The highest BCUT2D eigenvalue weighted by Crippen LogP contribution is 2.32. The van der Waals surface area contributed by atoms with Gasteiger partial charge in [0.05, 0.1) is 0 Å². The van der Waals surface area contributed by atoms with E-state index in [1.807, 2.05) is 30.3 Å². The van der Waals surface area contributed by atoms with E-state index in [-0.39, 0.29) is 5.57 Å². The molecule has 0 saturated carbocycles. The van der Waals surface area contributed by atoms with Gasteiger partial charge in [0.25, 0.3) is 5.91 Å². The van der Waals surface area contributed by atoms with Crippen LogP contribution in [0.2, 0.25) is 0 Å². The number of benzene rings is 2. The van der Waals surface area contributed by atoms with E-state index in [0.717, 1.165) is 14.5 Å². The fraction of sp³-hybridized carbons (Fsp3) is 0. The number of hydrogen-bond acceptors (Lipinski definition) is 3. The van der Waals surface area contributed by atoms with Gasteiger partial charge in [-0.15, -0.1) is 0 Å². The Bertz CT molecular complexity index is 1020. The van der Waals surface area contributed by atoms with Gasteiger partial charge in [0.2, 0.25) is 0 Å². The number of furan rings is 1. The van der Waals surface area contributed by atoms with Crippen LogP contribution in [-0.4, -0.2) is 5.91 Å². The Balaban J connectivity index is 1.84. The van der Waals surface area contributed by atoms with Crippen molar-refractivity contribution < 1.29 is 9.21 Å². The second kappa shape index (κ2) is 8.17. The van der Waals surface area contributed by atoms with E-state index in [1.54, 1.807) is 36.4 Å². The molecule has 3 rings (SSSR count). The number of halogens is 2. The number of nitrogens with one attached hydrogen (secondary N) is 1. The van der Waals surface area contributed by atoms with E-state index in [0.29, 0.717) is 17.2 Å². The number of hydrogen-bond donors (Lipinski definition) is 1. The highest BCUT2D eigenvalue weighted by molar-refractivity contribution is 9.11. The van der Waals surface area contributed by atoms with Crippen LogP contribution in [0.3, 0.4) is 0 Å². The van der Waals surface area contributed by atoms with Crippen molar-refractivity contribution in [1.29, 1.82) is 5.26 Å². The van der Waals surface area contributed by atoms with Crippen molar-refractivity contribution in [2.24, 2.45) is 0 Å². The zero-order valence-corrected chi connectivity index (χ0v) is 16.5. The summed E-state index contributed by atoms with van der Waals surface area (Å²) in [5.74, 6) is 0.567. The predicted molar refractivity (Wildman–Crippen MR) is 108 cm³/mol. The van der Waals surface area contributed by atoms with Crippen molar-refractivity contribution >= 4 is 49.5 Å². The van der Waals surface area contributed by atoms with Gasteiger partial charge in [-0.2, -0.15) is 5.26 Å². The van der Waals surface area contributed by atoms with E-state index in [2.05, 4.69) is 37.2 Å². The molecule has 0 radical (unpaired) electrons. The summed E-state index contributed by atoms with van der Waals surface area (Å²) in [7, 11) is 0. The molecule has 3 aromatic rings. The van der Waals surface area contributed by atoms with Crippen molar-refractivity contribution in [3.8, 4) is 17.4 Å². The van der Waals surface area contributed by atoms with Crippen LogP contribution in [0, 0.1) is 11.3 Å². The molecule has 0 atom stereocenters. The normalized spacial score (nSPS) is 11.0. The topological polar surface area (TPSA) is 66.0 Å². The number of nitrogens with zero attached hydrogens (tertiary/aromatic N) is 1. The highest BCUT2D eigenvalue weighted by atomic mass is 79.9. The van der Waals surface area contributed by atoms with Crippen LogP contribution in [0.15, 0.2) is 79.6 Å². The summed E-state index contributed by atoms with van der Waals surface area (Å²) in [5, 5.41) is 12.0. The molecule has 128 valence electrons. The number of para-hydroxylation sites is 1. The van der Waals surface area contributed by atoms with Crippen molar-refractivity contribution in [1.82, 2.24) is 0 Å². The maximum Gasteiger partial charge on any atom is 0.266 e. The summed E-state index contributed by atoms with van der Waals surface area (Å²) in [6, 6.07) is 20.1. The molecule has 0 fully saturated rings. The summed E-state index contributed by atoms with van der Waals surface area (Å²) >= 11 is 6.92. The van der Waals surface area contributed by atoms with Crippen LogP contribution in [0.25, 0.3) is 17.4 Å². The molecule has 0 unspecified atom stereocenters. The third kappa shape index (κ3) is 4.31. The number of carbonyl (C=O) groups excluding carboxylic acids is 1. The van der Waals surface area contributed by atoms with Crippen LogP contribution in [-0.2, 0) is 4.79 Å². The first-order valence-corrected chi connectivity index (χ1v) is 9.19. The summed E-state index contributed by atoms with van der Waals surface area (Å²) in [4.78, 5) is 12.3. The molecular formula is C20H12Br2N2O2. The van der Waals surface area contributed by atoms with Crippen LogP contribution in [0.4, 0.5) is 5.69 Å². The molecule has 6 heteroatoms. The average molecular weight is 472 g/mol. The molecule has 0 aliphatic heterocycles. The molecular weight excluding hydrogens is 460 g/mol. The molecule has 0 aliphatic rings. The Kier molecular flexibility index (Phi) is 5.71. The number of carbonyl (C=O) groups is 1. The summed E-state index contributed by atoms with van der Waals surface area (Å²) in [5.41, 5.74) is 1.45. The molecule has 2 aromatic carbocycles. The fourth-order valence-electron chi connectivity index (χ4n) is 2.27. The lowest BCUT2D eigenvalue weighted by Gasteiger charge is -2.03. The average Bonchev–Trinajstić information content (AvgIpc) is 3.11. The van der Waals surface area contributed by atoms with Gasteiger partial charge in [-0.25, -0.2) is 0 Å². The molecule has 26 heavy (non-hydrogen) atoms. The van der Waals surface area contributed by atoms with Gasteiger partial charge in [0.1, 0.15) is 23.2 Å². The minimum absolute atomic E-state index is 0.0388. The minimum Gasteiger partial charge on any atom is -0.457 e. The van der Waals surface area contributed by atoms with Crippen molar-refractivity contribution in [2.45, 2.75) is 0 Å². The molecule has 4 nitrogen and oxygen atoms in total. The zero-order chi connectivity index (χ0) is 18.5. The van der Waals surface area contributed by atoms with Crippen molar-refractivity contribution in [3.63, 3.8) is 0 Å². The SMILES string of the molecule is N#C/C(=C\c1ccc(-c2cc(Br)ccc2Br)o1)C(=O)Nc1ccccc1. The summed E-state index contributed by atoms with van der Waals surface area (Å²) in [6.45, 7) is 0. The van der Waals surface area contributed by atoms with Gasteiger partial charge in [-0.3, -0.25) is 4.79 Å². The van der Waals surface area contributed by atoms with E-state index < -0.39 is 5.91 Å². The van der Waals surface area contributed by atoms with Crippen LogP contribution >= 0.6 is 31.9 Å². The summed E-state index contributed by atoms with van der Waals surface area (Å²) in [6.07, 6.45) is 1.42. The number of rotatable bonds is 4. The van der Waals surface area contributed by atoms with E-state index >= 15 is 0 Å². The molecule has 1 aromatic heterocycles. The Hall–Kier alpha value is -2.62. The standard InChI is InChI=1S/C20H12Br2N2O2/c21-14-6-8-18(22)17(11-14)19-9-7-16(26-19)10-13(12-23)20(25)24-15-4-2-1-3-5-15/h1-11H,(H,24,25)/b13-10+. The molecule has 1 amide bonds. The van der Waals surface area contributed by atoms with Crippen LogP contribution in [0.1, 0.15) is 5.76 Å². The number of anilines is 1. The largest absolute Gasteiger partial charge is 0.457 e. The van der Waals surface area contributed by atoms with Crippen LogP contribution < -0.4 is 5.32 Å². The lowest BCUT2D eigenvalue weighted by molar-refractivity contribution is -0.112. The zero-order valence-electron chi connectivity index (χ0n) is 13.4. The minimum atomic E-state index is -0.486. The predicted octanol–water partition coefficient (Wildman–Crippen LogP) is 6.02. The summed E-state index contributed by atoms with van der Waals surface area (Å²) < 4.78 is 7.58. The first kappa shape index (κ1) is 18.2. The molecule has 0 spiro atoms. The second-order valence-corrected chi connectivity index (χ2v) is 7.09. The van der Waals surface area contributed by atoms with E-state index in [9.17, 15) is 10.1 Å². The Morgan fingerprint density at radius 1 is 1.08 bits per heavy atom. The smallest absolute Gasteiger partial charge is 0.266 e. The van der Waals surface area contributed by atoms with E-state index in [4.69, 9.17) is 4.42 Å². The van der Waals surface area contributed by atoms with Gasteiger partial charge >= 0.3 is 0 Å². The van der Waals surface area contributed by atoms with Crippen LogP contribution in [0.5, 0.6) is 0 Å². The van der Waals surface area contributed by atoms with Gasteiger partial charge in [0, 0.05) is 26.3 Å². The number of nitriles is 1. The first-order chi connectivity index (χ1) is 12.6. The molecule has 0 bridgehead atoms. The van der Waals surface area contributed by atoms with E-state index in [1.165, 1.54) is 6.08 Å². The van der Waals surface area contributed by atoms with Gasteiger partial charge in [0.15, 0.2) is 0 Å². The molecule has 1 heterocycles. The molecule has 0 aliphatic carbocycles. The first-order valence-electron chi connectivity index (χ1n) is 7.60. The van der Waals surface area contributed by atoms with Crippen molar-refractivity contribution in [2.75, 3.05) is 5.32 Å². The Morgan fingerprint density at radius 3 is 2.58 bits per heavy atom. The fourth-order valence-corrected chi connectivity index (χ4v) is 3.08. The maximum atomic E-state index is 12.3. The lowest BCUT2D eigenvalue weighted by atomic mass is 10.2. The van der Waals surface area contributed by atoms with Crippen molar-refractivity contribution in [3.05, 3.63) is 80.9 Å². The lowest BCUT2D eigenvalue weighted by Crippen LogP contribution is -2.13. The third-order valence-corrected chi connectivity index (χ3v) is 4.69. The molecule has 1 N–H and O–H groups in total. The third-order valence-electron chi connectivity index (χ3n) is 3.50. The maximum absolute atomic E-state index is 12.3. The second-order valence-electron chi connectivity index (χ2n) is 5.32. The highest BCUT2D eigenvalue weighted by Gasteiger charge is 2.12. The quantitative estimate of drug-likeness (QED) is 0.373. The van der Waals surface area contributed by atoms with Gasteiger partial charge in [-0.1, -0.05) is 50.1 Å². The molecule has 0 saturated heterocycles. The van der Waals surface area contributed by atoms with Gasteiger partial charge in [-0.05, 0) is 42.5 Å².